The first-order valence-electron chi connectivity index (χ1n) is 7.16. The smallest absolute Gasteiger partial charge is 0.0783 e. The van der Waals surface area contributed by atoms with Gasteiger partial charge >= 0.3 is 0 Å². The molecule has 0 spiro atoms. The van der Waals surface area contributed by atoms with Gasteiger partial charge in [0.1, 0.15) is 0 Å². The number of alkyl halides is 2. The van der Waals surface area contributed by atoms with Crippen LogP contribution in [0.3, 0.4) is 0 Å². The minimum atomic E-state index is -0.141. The van der Waals surface area contributed by atoms with Gasteiger partial charge in [0.25, 0.3) is 0 Å². The Morgan fingerprint density at radius 3 is 2.11 bits per heavy atom. The van der Waals surface area contributed by atoms with Gasteiger partial charge in [-0.1, -0.05) is 26.7 Å². The van der Waals surface area contributed by atoms with Crippen LogP contribution in [0, 0.1) is 5.41 Å². The molecule has 1 saturated carbocycles. The minimum absolute atomic E-state index is 0.141. The maximum absolute atomic E-state index is 6.92. The molecule has 1 aliphatic carbocycles. The molecule has 1 aliphatic rings. The molecule has 0 aromatic heterocycles. The molecule has 5 unspecified atom stereocenters. The predicted octanol–water partition coefficient (Wildman–Crippen LogP) is 5.89. The Hall–Kier alpha value is 1.44. The van der Waals surface area contributed by atoms with Crippen molar-refractivity contribution in [1.82, 2.24) is 0 Å². The normalized spacial score (nSPS) is 37.0. The van der Waals surface area contributed by atoms with Crippen LogP contribution in [0.25, 0.3) is 0 Å². The van der Waals surface area contributed by atoms with Crippen LogP contribution in [0.1, 0.15) is 52.4 Å². The second-order valence-corrected chi connectivity index (χ2v) is 9.96. The Bertz CT molecular complexity index is 254. The van der Waals surface area contributed by atoms with E-state index in [2.05, 4.69) is 27.2 Å². The summed E-state index contributed by atoms with van der Waals surface area (Å²) in [6.07, 6.45) is 7.62. The molecule has 0 heterocycles. The van der Waals surface area contributed by atoms with E-state index in [1.165, 1.54) is 32.1 Å². The molecule has 0 nitrogen and oxygen atoms in total. The van der Waals surface area contributed by atoms with Crippen molar-refractivity contribution in [3.05, 3.63) is 0 Å². The molecule has 1 rings (SSSR count). The highest BCUT2D eigenvalue weighted by molar-refractivity contribution is 7.42. The fourth-order valence-electron chi connectivity index (χ4n) is 3.65. The molecular weight excluding hydrogens is 301 g/mol. The molecule has 4 heteroatoms. The fourth-order valence-corrected chi connectivity index (χ4v) is 7.47. The van der Waals surface area contributed by atoms with E-state index >= 15 is 0 Å². The summed E-state index contributed by atoms with van der Waals surface area (Å²) in [5, 5.41) is 0.174. The third-order valence-corrected chi connectivity index (χ3v) is 9.14. The van der Waals surface area contributed by atoms with E-state index in [0.717, 1.165) is 23.6 Å². The SMILES string of the molecule is CCCC1(CCC)CC(PC)C(Cl)C(Cl)(PC)C1. The van der Waals surface area contributed by atoms with Gasteiger partial charge in [0.2, 0.25) is 0 Å². The Labute approximate surface area is 127 Å². The molecule has 0 radical (unpaired) electrons. The first-order valence-corrected chi connectivity index (χ1v) is 11.0. The monoisotopic (exact) mass is 328 g/mol. The molecule has 0 N–H and O–H groups in total. The maximum Gasteiger partial charge on any atom is 0.0783 e. The van der Waals surface area contributed by atoms with E-state index in [9.17, 15) is 0 Å². The summed E-state index contributed by atoms with van der Waals surface area (Å²) in [5.41, 5.74) is 1.09. The number of halogens is 2. The van der Waals surface area contributed by atoms with Crippen LogP contribution in [0.4, 0.5) is 0 Å². The number of hydrogen-bond acceptors (Lipinski definition) is 0. The summed E-state index contributed by atoms with van der Waals surface area (Å²) in [5.74, 6) is 0. The van der Waals surface area contributed by atoms with Gasteiger partial charge in [-0.3, -0.25) is 0 Å². The van der Waals surface area contributed by atoms with Crippen LogP contribution in [-0.4, -0.2) is 29.0 Å². The summed E-state index contributed by atoms with van der Waals surface area (Å²) in [4.78, 5) is 0. The maximum atomic E-state index is 6.92. The summed E-state index contributed by atoms with van der Waals surface area (Å²) < 4.78 is -0.141. The van der Waals surface area contributed by atoms with Crippen molar-refractivity contribution >= 4 is 40.4 Å². The van der Waals surface area contributed by atoms with Gasteiger partial charge in [0.15, 0.2) is 0 Å². The quantitative estimate of drug-likeness (QED) is 0.421. The van der Waals surface area contributed by atoms with E-state index in [1.807, 2.05) is 0 Å². The van der Waals surface area contributed by atoms with Gasteiger partial charge in [-0.15, -0.1) is 40.4 Å². The van der Waals surface area contributed by atoms with E-state index in [4.69, 9.17) is 23.2 Å². The Balaban J connectivity index is 2.98. The summed E-state index contributed by atoms with van der Waals surface area (Å²) in [6, 6.07) is 0. The van der Waals surface area contributed by atoms with Crippen molar-refractivity contribution in [2.45, 2.75) is 68.0 Å². The first kappa shape index (κ1) is 17.5. The van der Waals surface area contributed by atoms with Gasteiger partial charge in [-0.05, 0) is 50.1 Å². The average molecular weight is 329 g/mol. The van der Waals surface area contributed by atoms with Crippen molar-refractivity contribution in [3.8, 4) is 0 Å². The van der Waals surface area contributed by atoms with Crippen LogP contribution in [0.2, 0.25) is 0 Å². The van der Waals surface area contributed by atoms with Gasteiger partial charge in [0.05, 0.1) is 9.99 Å². The van der Waals surface area contributed by atoms with E-state index in [-0.39, 0.29) is 9.99 Å². The molecule has 0 bridgehead atoms. The Morgan fingerprint density at radius 1 is 1.17 bits per heavy atom. The molecular formula is C14H28Cl2P2. The van der Waals surface area contributed by atoms with Crippen molar-refractivity contribution in [1.29, 1.82) is 0 Å². The molecule has 0 aromatic rings. The molecule has 0 saturated heterocycles. The second kappa shape index (κ2) is 7.45. The van der Waals surface area contributed by atoms with Gasteiger partial charge < -0.3 is 0 Å². The van der Waals surface area contributed by atoms with E-state index < -0.39 is 0 Å². The fraction of sp³-hybridized carbons (Fsp3) is 1.00. The molecule has 108 valence electrons. The molecule has 18 heavy (non-hydrogen) atoms. The number of hydrogen-bond donors (Lipinski definition) is 0. The minimum Gasteiger partial charge on any atom is -0.121 e. The van der Waals surface area contributed by atoms with E-state index in [0.29, 0.717) is 11.1 Å². The van der Waals surface area contributed by atoms with Crippen molar-refractivity contribution in [3.63, 3.8) is 0 Å². The zero-order valence-electron chi connectivity index (χ0n) is 12.2. The van der Waals surface area contributed by atoms with Crippen LogP contribution < -0.4 is 0 Å². The largest absolute Gasteiger partial charge is 0.121 e. The van der Waals surface area contributed by atoms with Crippen LogP contribution in [0.5, 0.6) is 0 Å². The second-order valence-electron chi connectivity index (χ2n) is 5.79. The van der Waals surface area contributed by atoms with E-state index in [1.54, 1.807) is 0 Å². The topological polar surface area (TPSA) is 0 Å². The van der Waals surface area contributed by atoms with Crippen molar-refractivity contribution in [2.75, 3.05) is 13.3 Å². The van der Waals surface area contributed by atoms with Gasteiger partial charge in [-0.2, -0.15) is 0 Å². The highest BCUT2D eigenvalue weighted by atomic mass is 35.5. The predicted molar refractivity (Wildman–Crippen MR) is 92.0 cm³/mol. The first-order chi connectivity index (χ1) is 8.47. The Morgan fingerprint density at radius 2 is 1.72 bits per heavy atom. The average Bonchev–Trinajstić information content (AvgIpc) is 2.34. The molecule has 0 aromatic carbocycles. The van der Waals surface area contributed by atoms with Crippen molar-refractivity contribution < 1.29 is 0 Å². The third-order valence-electron chi connectivity index (χ3n) is 4.42. The van der Waals surface area contributed by atoms with Crippen LogP contribution in [0.15, 0.2) is 0 Å². The highest BCUT2D eigenvalue weighted by Gasteiger charge is 2.51. The standard InChI is InChI=1S/C14H28Cl2P2/c1-5-7-13(8-6-2)9-11(17-3)12(15)14(16,10-13)18-4/h11-12,17-18H,5-10H2,1-4H3. The van der Waals surface area contributed by atoms with Crippen LogP contribution in [-0.2, 0) is 0 Å². The van der Waals surface area contributed by atoms with Gasteiger partial charge in [0, 0.05) is 0 Å². The lowest BCUT2D eigenvalue weighted by molar-refractivity contribution is 0.154. The molecule has 0 amide bonds. The molecule has 1 fully saturated rings. The summed E-state index contributed by atoms with van der Waals surface area (Å²) in [7, 11) is 1.66. The van der Waals surface area contributed by atoms with Crippen LogP contribution >= 0.6 is 40.4 Å². The third kappa shape index (κ3) is 3.75. The zero-order valence-corrected chi connectivity index (χ0v) is 15.7. The lowest BCUT2D eigenvalue weighted by Crippen LogP contribution is -2.48. The number of rotatable bonds is 6. The lowest BCUT2D eigenvalue weighted by atomic mass is 9.68. The highest BCUT2D eigenvalue weighted by Crippen LogP contribution is 2.60. The van der Waals surface area contributed by atoms with Crippen molar-refractivity contribution in [2.24, 2.45) is 5.41 Å². The lowest BCUT2D eigenvalue weighted by Gasteiger charge is -2.51. The Kier molecular flexibility index (Phi) is 7.24. The molecule has 5 atom stereocenters. The van der Waals surface area contributed by atoms with Gasteiger partial charge in [-0.25, -0.2) is 0 Å². The molecule has 0 aliphatic heterocycles. The summed E-state index contributed by atoms with van der Waals surface area (Å²) in [6.45, 7) is 9.13. The summed E-state index contributed by atoms with van der Waals surface area (Å²) >= 11 is 13.6. The zero-order chi connectivity index (χ0) is 13.8.